The van der Waals surface area contributed by atoms with Crippen LogP contribution in [0.25, 0.3) is 0 Å². The summed E-state index contributed by atoms with van der Waals surface area (Å²) in [6.07, 6.45) is 11.0. The Hall–Kier alpha value is -2.63. The molecule has 284 valence electrons. The van der Waals surface area contributed by atoms with Gasteiger partial charge in [0.1, 0.15) is 5.75 Å². The van der Waals surface area contributed by atoms with Gasteiger partial charge in [0.15, 0.2) is 0 Å². The maximum atomic E-state index is 13.6. The Bertz CT molecular complexity index is 1810. The zero-order chi connectivity index (χ0) is 37.1. The van der Waals surface area contributed by atoms with E-state index in [0.29, 0.717) is 24.5 Å². The van der Waals surface area contributed by atoms with Crippen molar-refractivity contribution in [2.45, 2.75) is 87.5 Å². The second-order valence-electron chi connectivity index (χ2n) is 17.0. The lowest BCUT2D eigenvalue weighted by molar-refractivity contribution is -0.0941. The number of anilines is 1. The molecule has 2 fully saturated rings. The molecule has 1 N–H and O–H groups in total. The first-order valence-corrected chi connectivity index (χ1v) is 21.1. The fraction of sp³-hybridized carbons (Fsp3) is 0.634. The molecule has 52 heavy (non-hydrogen) atoms. The molecule has 3 aliphatic heterocycles. The van der Waals surface area contributed by atoms with Crippen LogP contribution in [0, 0.1) is 17.8 Å². The lowest BCUT2D eigenvalue weighted by atomic mass is 9.62. The number of amides is 1. The Kier molecular flexibility index (Phi) is 10.3. The summed E-state index contributed by atoms with van der Waals surface area (Å²) in [6, 6.07) is 11.7. The van der Waals surface area contributed by atoms with E-state index in [1.165, 1.54) is 11.1 Å². The number of halogens is 1. The Morgan fingerprint density at radius 1 is 1.10 bits per heavy atom. The molecule has 7 rings (SSSR count). The normalized spacial score (nSPS) is 33.5. The van der Waals surface area contributed by atoms with Gasteiger partial charge in [-0.1, -0.05) is 36.7 Å². The van der Waals surface area contributed by atoms with Gasteiger partial charge in [0.25, 0.3) is 5.91 Å². The number of hydrogen-bond acceptors (Lipinski definition) is 8. The summed E-state index contributed by atoms with van der Waals surface area (Å²) < 4.78 is 42.9. The number of nitrogens with zero attached hydrogens (tertiary/aromatic N) is 3. The zero-order valence-corrected chi connectivity index (χ0v) is 33.4. The molecule has 1 spiro atoms. The molecule has 2 bridgehead atoms. The van der Waals surface area contributed by atoms with Gasteiger partial charge in [-0.05, 0) is 132 Å². The van der Waals surface area contributed by atoms with Gasteiger partial charge < -0.3 is 19.3 Å². The maximum Gasteiger partial charge on any atom is 0.264 e. The molecule has 0 radical (unpaired) electrons. The Labute approximate surface area is 316 Å². The van der Waals surface area contributed by atoms with Crippen molar-refractivity contribution in [3.05, 3.63) is 70.3 Å². The molecule has 2 aliphatic carbocycles. The van der Waals surface area contributed by atoms with Gasteiger partial charge in [0.05, 0.1) is 23.1 Å². The molecule has 0 unspecified atom stereocenters. The molecule has 1 amide bonds. The number of likely N-dealkylation sites (N-methyl/N-ethyl adjacent to an activating group) is 1. The van der Waals surface area contributed by atoms with Crippen LogP contribution in [-0.4, -0.2) is 101 Å². The van der Waals surface area contributed by atoms with Crippen molar-refractivity contribution < 1.29 is 22.7 Å². The molecule has 2 aromatic rings. The molecule has 11 heteroatoms. The number of methoxy groups -OCH3 is 1. The molecular weight excluding hydrogens is 696 g/mol. The van der Waals surface area contributed by atoms with Crippen LogP contribution in [0.5, 0.6) is 5.75 Å². The number of carbonyl (C=O) groups is 1. The number of rotatable bonds is 5. The first-order chi connectivity index (χ1) is 24.7. The fourth-order valence-corrected chi connectivity index (χ4v) is 11.1. The lowest BCUT2D eigenvalue weighted by Gasteiger charge is -2.54. The zero-order valence-electron chi connectivity index (χ0n) is 31.8. The molecule has 0 aromatic heterocycles. The van der Waals surface area contributed by atoms with E-state index in [-0.39, 0.29) is 22.8 Å². The molecule has 1 saturated carbocycles. The minimum atomic E-state index is -3.95. The Morgan fingerprint density at radius 3 is 2.60 bits per heavy atom. The standard InChI is InChI=1S/C41H57ClN4O5S/c1-28-9-7-18-41(50-6,19-20-45-24-39(3,25-45)44(4)5)35-14-11-32(35)23-46-26-40(17-8-10-30-21-33(42)13-15-34(30)40)27-51-37-16-12-31(22-36(37)46)38(47)43-52(48,49)29(28)2/h7,12-13,15-16,18,21-22,28-29,32,35H,8-11,14,17,19-20,23-27H2,1-6H3,(H,43,47)/b18-7-/t28-,29+,32-,35+,40-,41+/m0/s1. The number of ether oxygens (including phenoxy) is 2. The number of benzene rings is 2. The van der Waals surface area contributed by atoms with Crippen LogP contribution in [0.4, 0.5) is 5.69 Å². The number of sulfonamides is 1. The van der Waals surface area contributed by atoms with E-state index in [2.05, 4.69) is 64.7 Å². The number of aryl methyl sites for hydroxylation is 1. The summed E-state index contributed by atoms with van der Waals surface area (Å²) in [5, 5.41) is -0.0219. The molecular formula is C41H57ClN4O5S. The summed E-state index contributed by atoms with van der Waals surface area (Å²) >= 11 is 6.50. The van der Waals surface area contributed by atoms with Crippen molar-refractivity contribution in [1.82, 2.24) is 14.5 Å². The van der Waals surface area contributed by atoms with E-state index in [1.807, 2.05) is 32.2 Å². The number of nitrogens with one attached hydrogen (secondary N) is 1. The molecule has 1 saturated heterocycles. The van der Waals surface area contributed by atoms with Crippen molar-refractivity contribution >= 4 is 33.2 Å². The fourth-order valence-electron chi connectivity index (χ4n) is 9.63. The largest absolute Gasteiger partial charge is 0.490 e. The average molecular weight is 753 g/mol. The van der Waals surface area contributed by atoms with Crippen LogP contribution in [0.3, 0.4) is 0 Å². The third-order valence-corrected chi connectivity index (χ3v) is 15.8. The highest BCUT2D eigenvalue weighted by Gasteiger charge is 2.50. The molecule has 2 aromatic carbocycles. The van der Waals surface area contributed by atoms with E-state index in [9.17, 15) is 13.2 Å². The molecule has 9 nitrogen and oxygen atoms in total. The van der Waals surface area contributed by atoms with Crippen LogP contribution in [-0.2, 0) is 26.6 Å². The quantitative estimate of drug-likeness (QED) is 0.357. The summed E-state index contributed by atoms with van der Waals surface area (Å²) in [5.41, 5.74) is 3.14. The highest BCUT2D eigenvalue weighted by atomic mass is 35.5. The van der Waals surface area contributed by atoms with Crippen LogP contribution in [0.1, 0.15) is 80.8 Å². The van der Waals surface area contributed by atoms with E-state index < -0.39 is 26.8 Å². The predicted octanol–water partition coefficient (Wildman–Crippen LogP) is 6.29. The highest BCUT2D eigenvalue weighted by molar-refractivity contribution is 7.90. The molecule has 3 heterocycles. The number of likely N-dealkylation sites (tertiary alicyclic amines) is 1. The average Bonchev–Trinajstić information content (AvgIpc) is 3.23. The summed E-state index contributed by atoms with van der Waals surface area (Å²) in [4.78, 5) is 20.9. The van der Waals surface area contributed by atoms with Crippen LogP contribution >= 0.6 is 11.6 Å². The van der Waals surface area contributed by atoms with Gasteiger partial charge in [-0.15, -0.1) is 0 Å². The van der Waals surface area contributed by atoms with E-state index in [4.69, 9.17) is 21.1 Å². The molecule has 5 aliphatic rings. The van der Waals surface area contributed by atoms with E-state index in [1.54, 1.807) is 13.0 Å². The second-order valence-corrected chi connectivity index (χ2v) is 19.5. The SMILES string of the molecule is CO[C@@]1(CCN2CC(C)(N(C)C)C2)/C=C\C[C@H](C)[C@@H](C)S(=O)(=O)NC(=O)c2ccc3c(c2)N(C[C@@H]2CC[C@H]21)C[C@@]1(CCCc2cc(Cl)ccc21)CO3. The highest BCUT2D eigenvalue weighted by Crippen LogP contribution is 2.50. The monoisotopic (exact) mass is 752 g/mol. The van der Waals surface area contributed by atoms with Crippen molar-refractivity contribution in [2.24, 2.45) is 17.8 Å². The van der Waals surface area contributed by atoms with E-state index >= 15 is 0 Å². The van der Waals surface area contributed by atoms with Gasteiger partial charge in [-0.3, -0.25) is 9.69 Å². The van der Waals surface area contributed by atoms with Gasteiger partial charge in [-0.2, -0.15) is 0 Å². The van der Waals surface area contributed by atoms with Gasteiger partial charge in [-0.25, -0.2) is 13.1 Å². The Morgan fingerprint density at radius 2 is 1.88 bits per heavy atom. The minimum Gasteiger partial charge on any atom is -0.490 e. The predicted molar refractivity (Wildman–Crippen MR) is 208 cm³/mol. The van der Waals surface area contributed by atoms with Crippen molar-refractivity contribution in [1.29, 1.82) is 0 Å². The topological polar surface area (TPSA) is 91.4 Å². The smallest absolute Gasteiger partial charge is 0.264 e. The number of hydrogen-bond donors (Lipinski definition) is 1. The number of allylic oxidation sites excluding steroid dienone is 1. The van der Waals surface area contributed by atoms with Gasteiger partial charge in [0, 0.05) is 61.4 Å². The van der Waals surface area contributed by atoms with Crippen LogP contribution in [0.2, 0.25) is 5.02 Å². The van der Waals surface area contributed by atoms with Crippen molar-refractivity contribution in [3.8, 4) is 5.75 Å². The maximum absolute atomic E-state index is 13.6. The summed E-state index contributed by atoms with van der Waals surface area (Å²) in [7, 11) is 2.22. The lowest BCUT2D eigenvalue weighted by Crippen LogP contribution is -2.67. The van der Waals surface area contributed by atoms with Crippen LogP contribution < -0.4 is 14.4 Å². The number of fused-ring (bicyclic) bond motifs is 4. The first-order valence-electron chi connectivity index (χ1n) is 19.2. The summed E-state index contributed by atoms with van der Waals surface area (Å²) in [5.74, 6) is 0.532. The van der Waals surface area contributed by atoms with Gasteiger partial charge >= 0.3 is 0 Å². The first kappa shape index (κ1) is 37.7. The Balaban J connectivity index is 1.27. The van der Waals surface area contributed by atoms with Crippen molar-refractivity contribution in [2.75, 3.05) is 65.4 Å². The van der Waals surface area contributed by atoms with Crippen LogP contribution in [0.15, 0.2) is 48.6 Å². The second kappa shape index (κ2) is 14.2. The third kappa shape index (κ3) is 6.91. The number of carbonyl (C=O) groups excluding carboxylic acids is 1. The summed E-state index contributed by atoms with van der Waals surface area (Å²) in [6.45, 7) is 11.0. The van der Waals surface area contributed by atoms with E-state index in [0.717, 1.165) is 87.7 Å². The third-order valence-electron chi connectivity index (χ3n) is 13.6. The molecule has 6 atom stereocenters. The van der Waals surface area contributed by atoms with Crippen molar-refractivity contribution in [3.63, 3.8) is 0 Å². The minimum absolute atomic E-state index is 0.183. The van der Waals surface area contributed by atoms with Gasteiger partial charge in [0.2, 0.25) is 10.0 Å².